The Balaban J connectivity index is 2.34. The zero-order chi connectivity index (χ0) is 17.4. The molecule has 3 rings (SSSR count). The van der Waals surface area contributed by atoms with Crippen molar-refractivity contribution in [3.05, 3.63) is 73.3 Å². The van der Waals surface area contributed by atoms with Crippen LogP contribution in [-0.2, 0) is 9.53 Å². The molecule has 1 aliphatic rings. The number of carbonyl (C=O) groups is 1. The van der Waals surface area contributed by atoms with Crippen LogP contribution in [0.15, 0.2) is 45.1 Å². The van der Waals surface area contributed by atoms with Crippen molar-refractivity contribution in [2.75, 3.05) is 12.4 Å². The van der Waals surface area contributed by atoms with E-state index >= 15 is 0 Å². The van der Waals surface area contributed by atoms with Gasteiger partial charge in [-0.2, -0.15) is 0 Å². The molecule has 24 heavy (non-hydrogen) atoms. The molecule has 2 heterocycles. The van der Waals surface area contributed by atoms with E-state index < -0.39 is 29.0 Å². The minimum Gasteiger partial charge on any atom is -0.466 e. The smallest absolute Gasteiger partial charge is 0.336 e. The van der Waals surface area contributed by atoms with E-state index in [1.54, 1.807) is 13.0 Å². The molecule has 7 nitrogen and oxygen atoms in total. The number of allylic oxidation sites excluding steroid dienone is 1. The molecule has 8 heteroatoms. The van der Waals surface area contributed by atoms with E-state index in [0.29, 0.717) is 11.3 Å². The third kappa shape index (κ3) is 2.51. The van der Waals surface area contributed by atoms with E-state index in [0.717, 1.165) is 0 Å². The van der Waals surface area contributed by atoms with Crippen molar-refractivity contribution in [2.24, 2.45) is 0 Å². The summed E-state index contributed by atoms with van der Waals surface area (Å²) in [6, 6.07) is 5.58. The highest BCUT2D eigenvalue weighted by atomic mass is 19.1. The maximum absolute atomic E-state index is 13.7. The van der Waals surface area contributed by atoms with Crippen LogP contribution in [0.5, 0.6) is 0 Å². The molecule has 1 unspecified atom stereocenters. The first kappa shape index (κ1) is 15.7. The number of methoxy groups -OCH3 is 1. The van der Waals surface area contributed by atoms with Crippen LogP contribution in [0, 0.1) is 5.82 Å². The third-order valence-corrected chi connectivity index (χ3v) is 3.86. The van der Waals surface area contributed by atoms with Crippen molar-refractivity contribution >= 4 is 11.8 Å². The number of ether oxygens (including phenoxy) is 1. The first-order valence-electron chi connectivity index (χ1n) is 7.10. The number of benzene rings is 1. The molecule has 0 fully saturated rings. The summed E-state index contributed by atoms with van der Waals surface area (Å²) < 4.78 is 18.5. The fourth-order valence-corrected chi connectivity index (χ4v) is 2.89. The number of H-pyrrole nitrogens is 2. The van der Waals surface area contributed by atoms with Crippen molar-refractivity contribution in [3.8, 4) is 0 Å². The molecule has 0 bridgehead atoms. The average molecular weight is 331 g/mol. The van der Waals surface area contributed by atoms with Gasteiger partial charge in [0.15, 0.2) is 0 Å². The summed E-state index contributed by atoms with van der Waals surface area (Å²) in [5, 5.41) is 2.83. The fraction of sp³-hybridized carbons (Fsp3) is 0.188. The summed E-state index contributed by atoms with van der Waals surface area (Å²) in [5.41, 5.74) is -0.248. The van der Waals surface area contributed by atoms with Crippen LogP contribution in [0.25, 0.3) is 0 Å². The number of hydrogen-bond donors (Lipinski definition) is 3. The van der Waals surface area contributed by atoms with E-state index in [1.165, 1.54) is 25.3 Å². The molecule has 3 N–H and O–H groups in total. The van der Waals surface area contributed by atoms with Gasteiger partial charge in [0.25, 0.3) is 5.56 Å². The monoisotopic (exact) mass is 331 g/mol. The van der Waals surface area contributed by atoms with Gasteiger partial charge in [0.2, 0.25) is 0 Å². The molecular weight excluding hydrogens is 317 g/mol. The van der Waals surface area contributed by atoms with Gasteiger partial charge in [0.05, 0.1) is 24.2 Å². The second kappa shape index (κ2) is 5.80. The van der Waals surface area contributed by atoms with Gasteiger partial charge in [-0.05, 0) is 24.6 Å². The SMILES string of the molecule is COC(=O)C1=C(C)Nc2[nH]c(=O)[nH]c(=O)c2C1c1cccc(F)c1. The van der Waals surface area contributed by atoms with Crippen LogP contribution < -0.4 is 16.6 Å². The molecule has 2 aromatic rings. The highest BCUT2D eigenvalue weighted by Gasteiger charge is 2.35. The van der Waals surface area contributed by atoms with Crippen molar-refractivity contribution in [1.82, 2.24) is 9.97 Å². The Morgan fingerprint density at radius 2 is 2.00 bits per heavy atom. The van der Waals surface area contributed by atoms with Crippen molar-refractivity contribution in [1.29, 1.82) is 0 Å². The summed E-state index contributed by atoms with van der Waals surface area (Å²) >= 11 is 0. The second-order valence-electron chi connectivity index (χ2n) is 5.34. The van der Waals surface area contributed by atoms with Crippen molar-refractivity contribution in [2.45, 2.75) is 12.8 Å². The Hall–Kier alpha value is -3.16. The quantitative estimate of drug-likeness (QED) is 0.718. The van der Waals surface area contributed by atoms with E-state index in [9.17, 15) is 18.8 Å². The van der Waals surface area contributed by atoms with Crippen LogP contribution in [0.1, 0.15) is 24.0 Å². The third-order valence-electron chi connectivity index (χ3n) is 3.86. The molecule has 0 radical (unpaired) electrons. The lowest BCUT2D eigenvalue weighted by Crippen LogP contribution is -2.34. The molecular formula is C16H14FN3O4. The summed E-state index contributed by atoms with van der Waals surface area (Å²) in [4.78, 5) is 40.7. The highest BCUT2D eigenvalue weighted by Crippen LogP contribution is 2.39. The molecule has 1 aromatic heterocycles. The molecule has 124 valence electrons. The van der Waals surface area contributed by atoms with Crippen molar-refractivity contribution < 1.29 is 13.9 Å². The Morgan fingerprint density at radius 1 is 1.25 bits per heavy atom. The van der Waals surface area contributed by atoms with Gasteiger partial charge < -0.3 is 10.1 Å². The Morgan fingerprint density at radius 3 is 2.67 bits per heavy atom. The number of anilines is 1. The van der Waals surface area contributed by atoms with Gasteiger partial charge in [-0.1, -0.05) is 12.1 Å². The molecule has 0 amide bonds. The predicted molar refractivity (Wildman–Crippen MR) is 84.3 cm³/mol. The number of rotatable bonds is 2. The standard InChI is InChI=1S/C16H14FN3O4/c1-7-10(15(22)24-2)11(8-4-3-5-9(17)6-8)12-13(18-7)19-16(23)20-14(12)21/h3-6,11H,1-2H3,(H3,18,19,20,21,23). The number of carbonyl (C=O) groups excluding carboxylic acids is 1. The lowest BCUT2D eigenvalue weighted by atomic mass is 9.82. The number of aromatic amines is 2. The molecule has 0 saturated heterocycles. The summed E-state index contributed by atoms with van der Waals surface area (Å²) in [6.45, 7) is 1.61. The largest absolute Gasteiger partial charge is 0.466 e. The van der Waals surface area contributed by atoms with Gasteiger partial charge in [0, 0.05) is 5.70 Å². The van der Waals surface area contributed by atoms with E-state index in [1.807, 2.05) is 0 Å². The average Bonchev–Trinajstić information content (AvgIpc) is 2.52. The molecule has 1 aromatic carbocycles. The minimum atomic E-state index is -0.870. The zero-order valence-corrected chi connectivity index (χ0v) is 12.9. The Labute approximate surface area is 135 Å². The summed E-state index contributed by atoms with van der Waals surface area (Å²) in [5.74, 6) is -1.85. The van der Waals surface area contributed by atoms with Crippen LogP contribution in [0.3, 0.4) is 0 Å². The van der Waals surface area contributed by atoms with Crippen LogP contribution in [-0.4, -0.2) is 23.0 Å². The first-order valence-corrected chi connectivity index (χ1v) is 7.10. The summed E-state index contributed by atoms with van der Waals surface area (Å²) in [6.07, 6.45) is 0. The molecule has 0 aliphatic carbocycles. The fourth-order valence-electron chi connectivity index (χ4n) is 2.89. The van der Waals surface area contributed by atoms with Crippen LogP contribution >= 0.6 is 0 Å². The van der Waals surface area contributed by atoms with Gasteiger partial charge >= 0.3 is 11.7 Å². The first-order chi connectivity index (χ1) is 11.4. The lowest BCUT2D eigenvalue weighted by molar-refractivity contribution is -0.136. The molecule has 0 spiro atoms. The zero-order valence-electron chi connectivity index (χ0n) is 12.9. The normalized spacial score (nSPS) is 16.4. The number of aromatic nitrogens is 2. The number of nitrogens with one attached hydrogen (secondary N) is 3. The van der Waals surface area contributed by atoms with Crippen molar-refractivity contribution in [3.63, 3.8) is 0 Å². The predicted octanol–water partition coefficient (Wildman–Crippen LogP) is 1.21. The number of esters is 1. The van der Waals surface area contributed by atoms with Crippen LogP contribution in [0.4, 0.5) is 10.2 Å². The Bertz CT molecular complexity index is 974. The summed E-state index contributed by atoms with van der Waals surface area (Å²) in [7, 11) is 1.22. The Kier molecular flexibility index (Phi) is 3.80. The van der Waals surface area contributed by atoms with Gasteiger partial charge in [-0.25, -0.2) is 14.0 Å². The highest BCUT2D eigenvalue weighted by molar-refractivity contribution is 5.94. The maximum Gasteiger partial charge on any atom is 0.336 e. The van der Waals surface area contributed by atoms with E-state index in [4.69, 9.17) is 4.74 Å². The van der Waals surface area contributed by atoms with E-state index in [2.05, 4.69) is 15.3 Å². The van der Waals surface area contributed by atoms with Gasteiger partial charge in [-0.3, -0.25) is 14.8 Å². The topological polar surface area (TPSA) is 104 Å². The maximum atomic E-state index is 13.7. The molecule has 0 saturated carbocycles. The van der Waals surface area contributed by atoms with Crippen LogP contribution in [0.2, 0.25) is 0 Å². The second-order valence-corrected chi connectivity index (χ2v) is 5.34. The number of hydrogen-bond acceptors (Lipinski definition) is 5. The lowest BCUT2D eigenvalue weighted by Gasteiger charge is -2.28. The van der Waals surface area contributed by atoms with E-state index in [-0.39, 0.29) is 17.0 Å². The number of halogens is 1. The number of fused-ring (bicyclic) bond motifs is 1. The minimum absolute atomic E-state index is 0.117. The molecule has 1 aliphatic heterocycles. The van der Waals surface area contributed by atoms with Gasteiger partial charge in [-0.15, -0.1) is 0 Å². The van der Waals surface area contributed by atoms with Gasteiger partial charge in [0.1, 0.15) is 11.6 Å². The molecule has 1 atom stereocenters.